The van der Waals surface area contributed by atoms with Gasteiger partial charge in [-0.3, -0.25) is 10.1 Å². The molecule has 3 N–H and O–H groups in total. The Hall–Kier alpha value is -2.87. The molecule has 0 radical (unpaired) electrons. The van der Waals surface area contributed by atoms with E-state index in [4.69, 9.17) is 38.1 Å². The van der Waals surface area contributed by atoms with Crippen LogP contribution in [-0.4, -0.2) is 22.7 Å². The topological polar surface area (TPSA) is 83.7 Å². The van der Waals surface area contributed by atoms with Gasteiger partial charge < -0.3 is 19.6 Å². The molecule has 0 fully saturated rings. The third kappa shape index (κ3) is 5.18. The molecule has 0 saturated carbocycles. The average Bonchev–Trinajstić information content (AvgIpc) is 3.18. The maximum atomic E-state index is 12.4. The fraction of sp³-hybridized carbons (Fsp3) is 0.182. The maximum Gasteiger partial charge on any atom is 0.257 e. The number of hydrogen-bond acceptors (Lipinski definition) is 5. The Morgan fingerprint density at radius 2 is 2.00 bits per heavy atom. The number of aliphatic hydroxyl groups excluding tert-OH is 1. The van der Waals surface area contributed by atoms with Gasteiger partial charge in [-0.15, -0.1) is 0 Å². The lowest BCUT2D eigenvalue weighted by molar-refractivity contribution is 0.0977. The Labute approximate surface area is 184 Å². The summed E-state index contributed by atoms with van der Waals surface area (Å²) in [6.45, 7) is 4.13. The summed E-state index contributed by atoms with van der Waals surface area (Å²) in [4.78, 5) is 12.4. The highest BCUT2D eigenvalue weighted by Crippen LogP contribution is 2.28. The highest BCUT2D eigenvalue weighted by molar-refractivity contribution is 7.80. The van der Waals surface area contributed by atoms with Crippen LogP contribution >= 0.6 is 23.8 Å². The van der Waals surface area contributed by atoms with Crippen molar-refractivity contribution in [2.45, 2.75) is 20.5 Å². The number of amides is 1. The Kier molecular flexibility index (Phi) is 7.10. The molecular formula is C22H21ClN2O4S. The van der Waals surface area contributed by atoms with E-state index in [0.29, 0.717) is 34.5 Å². The SMILES string of the molecule is CCOc1ccc(C(=O)NC(=S)Nc2ccc(-c3ccc(CO)o3)c(C)c2)cc1Cl. The molecule has 8 heteroatoms. The second-order valence-electron chi connectivity index (χ2n) is 6.44. The van der Waals surface area contributed by atoms with Gasteiger partial charge in [0, 0.05) is 16.8 Å². The molecule has 30 heavy (non-hydrogen) atoms. The third-order valence-electron chi connectivity index (χ3n) is 4.29. The molecule has 0 aliphatic carbocycles. The second-order valence-corrected chi connectivity index (χ2v) is 7.26. The molecule has 0 spiro atoms. The van der Waals surface area contributed by atoms with E-state index in [1.165, 1.54) is 6.07 Å². The van der Waals surface area contributed by atoms with Crippen molar-refractivity contribution in [3.63, 3.8) is 0 Å². The van der Waals surface area contributed by atoms with Crippen LogP contribution in [-0.2, 0) is 6.61 Å². The van der Waals surface area contributed by atoms with Gasteiger partial charge in [0.2, 0.25) is 0 Å². The molecule has 0 bridgehead atoms. The Morgan fingerprint density at radius 1 is 1.20 bits per heavy atom. The standard InChI is InChI=1S/C22H21ClN2O4S/c1-3-28-20-8-4-14(11-18(20)23)21(27)25-22(30)24-15-5-7-17(13(2)10-15)19-9-6-16(12-26)29-19/h4-11,26H,3,12H2,1-2H3,(H2,24,25,27,30). The summed E-state index contributed by atoms with van der Waals surface area (Å²) < 4.78 is 11.0. The van der Waals surface area contributed by atoms with E-state index in [9.17, 15) is 4.79 Å². The van der Waals surface area contributed by atoms with Gasteiger partial charge in [0.15, 0.2) is 5.11 Å². The van der Waals surface area contributed by atoms with Crippen molar-refractivity contribution in [2.75, 3.05) is 11.9 Å². The van der Waals surface area contributed by atoms with Crippen LogP contribution < -0.4 is 15.4 Å². The van der Waals surface area contributed by atoms with E-state index in [1.54, 1.807) is 18.2 Å². The summed E-state index contributed by atoms with van der Waals surface area (Å²) in [5, 5.41) is 15.3. The molecular weight excluding hydrogens is 424 g/mol. The van der Waals surface area contributed by atoms with Gasteiger partial charge >= 0.3 is 0 Å². The number of nitrogens with one attached hydrogen (secondary N) is 2. The van der Waals surface area contributed by atoms with E-state index in [-0.39, 0.29) is 17.6 Å². The van der Waals surface area contributed by atoms with Crippen molar-refractivity contribution in [1.29, 1.82) is 0 Å². The van der Waals surface area contributed by atoms with Gasteiger partial charge in [-0.1, -0.05) is 11.6 Å². The number of anilines is 1. The maximum absolute atomic E-state index is 12.4. The summed E-state index contributed by atoms with van der Waals surface area (Å²) >= 11 is 11.4. The zero-order valence-electron chi connectivity index (χ0n) is 16.5. The summed E-state index contributed by atoms with van der Waals surface area (Å²) in [7, 11) is 0. The van der Waals surface area contributed by atoms with Crippen LogP contribution in [0.1, 0.15) is 28.6 Å². The van der Waals surface area contributed by atoms with Crippen LogP contribution in [0, 0.1) is 6.92 Å². The zero-order chi connectivity index (χ0) is 21.7. The number of aryl methyl sites for hydroxylation is 1. The van der Waals surface area contributed by atoms with Crippen molar-refractivity contribution in [2.24, 2.45) is 0 Å². The first kappa shape index (κ1) is 21.8. The summed E-state index contributed by atoms with van der Waals surface area (Å²) in [5.41, 5.74) is 2.95. The summed E-state index contributed by atoms with van der Waals surface area (Å²) in [5.74, 6) is 1.32. The number of ether oxygens (including phenoxy) is 1. The molecule has 3 aromatic rings. The largest absolute Gasteiger partial charge is 0.492 e. The van der Waals surface area contributed by atoms with Gasteiger partial charge in [-0.05, 0) is 80.2 Å². The van der Waals surface area contributed by atoms with E-state index < -0.39 is 0 Å². The summed E-state index contributed by atoms with van der Waals surface area (Å²) in [6, 6.07) is 14.0. The van der Waals surface area contributed by atoms with E-state index in [0.717, 1.165) is 16.8 Å². The van der Waals surface area contributed by atoms with Crippen LogP contribution in [0.5, 0.6) is 5.75 Å². The molecule has 0 unspecified atom stereocenters. The molecule has 156 valence electrons. The van der Waals surface area contributed by atoms with E-state index >= 15 is 0 Å². The van der Waals surface area contributed by atoms with Crippen molar-refractivity contribution < 1.29 is 19.1 Å². The first-order valence-corrected chi connectivity index (χ1v) is 10.0. The molecule has 3 rings (SSSR count). The van der Waals surface area contributed by atoms with Crippen LogP contribution in [0.4, 0.5) is 5.69 Å². The fourth-order valence-corrected chi connectivity index (χ4v) is 3.32. The first-order valence-electron chi connectivity index (χ1n) is 9.26. The van der Waals surface area contributed by atoms with E-state index in [1.807, 2.05) is 38.1 Å². The zero-order valence-corrected chi connectivity index (χ0v) is 18.1. The lowest BCUT2D eigenvalue weighted by Crippen LogP contribution is -2.34. The number of hydrogen-bond donors (Lipinski definition) is 3. The number of rotatable bonds is 6. The molecule has 1 aromatic heterocycles. The highest BCUT2D eigenvalue weighted by Gasteiger charge is 2.12. The van der Waals surface area contributed by atoms with Gasteiger partial charge in [0.1, 0.15) is 23.9 Å². The van der Waals surface area contributed by atoms with Crippen LogP contribution in [0.25, 0.3) is 11.3 Å². The molecule has 0 atom stereocenters. The molecule has 6 nitrogen and oxygen atoms in total. The molecule has 2 aromatic carbocycles. The quantitative estimate of drug-likeness (QED) is 0.468. The van der Waals surface area contributed by atoms with Gasteiger partial charge in [0.25, 0.3) is 5.91 Å². The number of thiocarbonyl (C=S) groups is 1. The molecule has 1 amide bonds. The van der Waals surface area contributed by atoms with Crippen molar-refractivity contribution in [3.05, 3.63) is 70.4 Å². The van der Waals surface area contributed by atoms with Crippen molar-refractivity contribution >= 4 is 40.5 Å². The van der Waals surface area contributed by atoms with Gasteiger partial charge in [-0.25, -0.2) is 0 Å². The molecule has 1 heterocycles. The minimum atomic E-state index is -0.377. The minimum Gasteiger partial charge on any atom is -0.492 e. The monoisotopic (exact) mass is 444 g/mol. The second kappa shape index (κ2) is 9.75. The number of benzene rings is 2. The number of carbonyl (C=O) groups is 1. The van der Waals surface area contributed by atoms with Crippen molar-refractivity contribution in [1.82, 2.24) is 5.32 Å². The predicted octanol–water partition coefficient (Wildman–Crippen LogP) is 4.93. The number of aliphatic hydroxyl groups is 1. The average molecular weight is 445 g/mol. The number of carbonyl (C=O) groups excluding carboxylic acids is 1. The Bertz CT molecular complexity index is 1080. The first-order chi connectivity index (χ1) is 14.4. The normalized spacial score (nSPS) is 10.5. The van der Waals surface area contributed by atoms with Crippen molar-refractivity contribution in [3.8, 4) is 17.1 Å². The number of halogens is 1. The fourth-order valence-electron chi connectivity index (χ4n) is 2.88. The van der Waals surface area contributed by atoms with Gasteiger partial charge in [0.05, 0.1) is 11.6 Å². The third-order valence-corrected chi connectivity index (χ3v) is 4.79. The van der Waals surface area contributed by atoms with Crippen LogP contribution in [0.15, 0.2) is 52.9 Å². The minimum absolute atomic E-state index is 0.147. The number of furan rings is 1. The van der Waals surface area contributed by atoms with Crippen LogP contribution in [0.3, 0.4) is 0 Å². The highest BCUT2D eigenvalue weighted by atomic mass is 35.5. The lowest BCUT2D eigenvalue weighted by Gasteiger charge is -2.12. The Balaban J connectivity index is 1.65. The summed E-state index contributed by atoms with van der Waals surface area (Å²) in [6.07, 6.45) is 0. The van der Waals surface area contributed by atoms with Crippen LogP contribution in [0.2, 0.25) is 5.02 Å². The molecule has 0 aliphatic rings. The van der Waals surface area contributed by atoms with E-state index in [2.05, 4.69) is 10.6 Å². The van der Waals surface area contributed by atoms with Gasteiger partial charge in [-0.2, -0.15) is 0 Å². The Morgan fingerprint density at radius 3 is 2.63 bits per heavy atom. The smallest absolute Gasteiger partial charge is 0.257 e. The molecule has 0 aliphatic heterocycles. The lowest BCUT2D eigenvalue weighted by atomic mass is 10.1. The predicted molar refractivity (Wildman–Crippen MR) is 121 cm³/mol. The molecule has 0 saturated heterocycles.